The molecule has 0 heterocycles. The van der Waals surface area contributed by atoms with Crippen molar-refractivity contribution in [1.82, 2.24) is 10.2 Å². The second kappa shape index (κ2) is 13.7. The van der Waals surface area contributed by atoms with Crippen LogP contribution in [0.3, 0.4) is 0 Å². The number of allylic oxidation sites excluding steroid dienone is 1. The number of fused-ring (bicyclic) bond motifs is 5. The molecular weight excluding hydrogens is 504 g/mol. The Bertz CT molecular complexity index is 894. The zero-order chi connectivity index (χ0) is 29.9. The van der Waals surface area contributed by atoms with Gasteiger partial charge in [0.25, 0.3) is 0 Å². The van der Waals surface area contributed by atoms with Crippen molar-refractivity contribution in [1.29, 1.82) is 0 Å². The van der Waals surface area contributed by atoms with E-state index in [1.807, 2.05) is 0 Å². The summed E-state index contributed by atoms with van der Waals surface area (Å²) in [7, 11) is 0. The number of hydrogen-bond acceptors (Lipinski definition) is 3. The molecule has 0 aromatic carbocycles. The van der Waals surface area contributed by atoms with Gasteiger partial charge in [0.05, 0.1) is 0 Å². The molecule has 0 aliphatic heterocycles. The van der Waals surface area contributed by atoms with Crippen LogP contribution in [0.25, 0.3) is 0 Å². The van der Waals surface area contributed by atoms with Crippen LogP contribution >= 0.6 is 0 Å². The van der Waals surface area contributed by atoms with Crippen LogP contribution in [0.1, 0.15) is 141 Å². The van der Waals surface area contributed by atoms with Crippen molar-refractivity contribution < 1.29 is 11.0 Å². The second-order valence-corrected chi connectivity index (χ2v) is 16.3. The highest BCUT2D eigenvalue weighted by Gasteiger charge is 2.59. The molecule has 41 heavy (non-hydrogen) atoms. The maximum absolute atomic E-state index is 12.7. The highest BCUT2D eigenvalue weighted by molar-refractivity contribution is 5.67. The Labute approximate surface area is 255 Å². The van der Waals surface area contributed by atoms with Crippen molar-refractivity contribution in [3.63, 3.8) is 0 Å². The number of hydrogen-bond donors (Lipinski definition) is 1. The van der Waals surface area contributed by atoms with E-state index >= 15 is 0 Å². The van der Waals surface area contributed by atoms with Crippen molar-refractivity contribution in [2.24, 2.45) is 46.3 Å². The molecule has 8 atom stereocenters. The van der Waals surface area contributed by atoms with E-state index in [9.17, 15) is 4.79 Å². The third kappa shape index (κ3) is 7.21. The molecule has 4 rings (SSSR count). The number of amides is 1. The third-order valence-corrected chi connectivity index (χ3v) is 12.7. The third-order valence-electron chi connectivity index (χ3n) is 12.7. The van der Waals surface area contributed by atoms with Crippen LogP contribution in [-0.2, 0) is 4.74 Å². The molecule has 0 spiro atoms. The van der Waals surface area contributed by atoms with Crippen LogP contribution in [-0.4, -0.2) is 42.3 Å². The Balaban J connectivity index is 0.00000484. The lowest BCUT2D eigenvalue weighted by molar-refractivity contribution is -0.0581. The first-order valence-electron chi connectivity index (χ1n) is 17.8. The normalized spacial score (nSPS) is 35.7. The van der Waals surface area contributed by atoms with Crippen molar-refractivity contribution in [3.8, 4) is 0 Å². The van der Waals surface area contributed by atoms with Crippen LogP contribution in [0.4, 0.5) is 4.79 Å². The summed E-state index contributed by atoms with van der Waals surface area (Å²) in [6.07, 6.45) is 17.7. The van der Waals surface area contributed by atoms with E-state index in [0.717, 1.165) is 61.3 Å². The van der Waals surface area contributed by atoms with E-state index in [2.05, 4.69) is 78.6 Å². The predicted octanol–water partition coefficient (Wildman–Crippen LogP) is 9.88. The molecule has 1 N–H and O–H groups in total. The first-order valence-corrected chi connectivity index (χ1v) is 17.8. The van der Waals surface area contributed by atoms with Gasteiger partial charge >= 0.3 is 6.09 Å². The van der Waals surface area contributed by atoms with Crippen molar-refractivity contribution in [3.05, 3.63) is 11.6 Å². The summed E-state index contributed by atoms with van der Waals surface area (Å²) >= 11 is 0. The maximum Gasteiger partial charge on any atom is 0.407 e. The smallest absolute Gasteiger partial charge is 0.407 e. The Morgan fingerprint density at radius 3 is 2.39 bits per heavy atom. The quantitative estimate of drug-likeness (QED) is 0.187. The lowest BCUT2D eigenvalue weighted by atomic mass is 9.47. The molecule has 1 amide bonds. The summed E-state index contributed by atoms with van der Waals surface area (Å²) < 4.78 is 5.99. The average molecular weight is 573 g/mol. The Morgan fingerprint density at radius 1 is 0.976 bits per heavy atom. The topological polar surface area (TPSA) is 41.6 Å². The predicted molar refractivity (Wildman–Crippen MR) is 175 cm³/mol. The molecule has 4 aliphatic rings. The van der Waals surface area contributed by atoms with Gasteiger partial charge in [-0.2, -0.15) is 0 Å². The Kier molecular flexibility index (Phi) is 11.0. The van der Waals surface area contributed by atoms with Gasteiger partial charge in [-0.3, -0.25) is 4.90 Å². The molecule has 0 saturated heterocycles. The fraction of sp³-hybridized carbons (Fsp3) is 0.919. The molecule has 4 nitrogen and oxygen atoms in total. The SMILES string of the molecule is CC(C)CCC[C@@H](C)[C@H]1CC[C@H]2[C@@H]3CC=C4C[C@@H](OC(=O)NCCCN(C(C)C)C(C)C)CC[C@]4(C)[C@H]3CC[C@]12C.[HH]. The lowest BCUT2D eigenvalue weighted by Gasteiger charge is -2.58. The van der Waals surface area contributed by atoms with E-state index in [1.54, 1.807) is 5.57 Å². The largest absolute Gasteiger partial charge is 0.446 e. The first-order chi connectivity index (χ1) is 19.4. The van der Waals surface area contributed by atoms with Gasteiger partial charge in [-0.25, -0.2) is 4.79 Å². The number of ether oxygens (including phenoxy) is 1. The Hall–Kier alpha value is -1.03. The number of carbonyl (C=O) groups excluding carboxylic acids is 1. The van der Waals surface area contributed by atoms with Gasteiger partial charge in [-0.15, -0.1) is 0 Å². The molecule has 0 aromatic rings. The number of rotatable bonds is 12. The van der Waals surface area contributed by atoms with Crippen molar-refractivity contribution in [2.45, 2.75) is 158 Å². The van der Waals surface area contributed by atoms with E-state index in [-0.39, 0.29) is 13.6 Å². The Morgan fingerprint density at radius 2 is 1.71 bits per heavy atom. The van der Waals surface area contributed by atoms with Gasteiger partial charge in [0.2, 0.25) is 0 Å². The van der Waals surface area contributed by atoms with Gasteiger partial charge in [-0.1, -0.05) is 65.5 Å². The fourth-order valence-electron chi connectivity index (χ4n) is 10.5. The molecular formula is C37H68N2O2. The zero-order valence-corrected chi connectivity index (χ0v) is 28.4. The minimum atomic E-state index is -0.221. The van der Waals surface area contributed by atoms with Gasteiger partial charge < -0.3 is 10.1 Å². The summed E-state index contributed by atoms with van der Waals surface area (Å²) in [6, 6.07) is 1.05. The molecule has 3 fully saturated rings. The fourth-order valence-corrected chi connectivity index (χ4v) is 10.5. The summed E-state index contributed by atoms with van der Waals surface area (Å²) in [5, 5.41) is 3.04. The summed E-state index contributed by atoms with van der Waals surface area (Å²) in [6.45, 7) is 23.2. The van der Waals surface area contributed by atoms with Crippen LogP contribution in [0.15, 0.2) is 11.6 Å². The summed E-state index contributed by atoms with van der Waals surface area (Å²) in [5.74, 6) is 5.19. The molecule has 0 unspecified atom stereocenters. The first kappa shape index (κ1) is 32.9. The molecule has 0 radical (unpaired) electrons. The van der Waals surface area contributed by atoms with Crippen LogP contribution < -0.4 is 5.32 Å². The minimum Gasteiger partial charge on any atom is -0.446 e. The van der Waals surface area contributed by atoms with Gasteiger partial charge in [0.1, 0.15) is 6.10 Å². The van der Waals surface area contributed by atoms with Crippen LogP contribution in [0.5, 0.6) is 0 Å². The summed E-state index contributed by atoms with van der Waals surface area (Å²) in [5.41, 5.74) is 2.45. The molecule has 3 saturated carbocycles. The molecule has 0 aromatic heterocycles. The van der Waals surface area contributed by atoms with Crippen LogP contribution in [0.2, 0.25) is 0 Å². The second-order valence-electron chi connectivity index (χ2n) is 16.3. The van der Waals surface area contributed by atoms with E-state index in [0.29, 0.717) is 29.5 Å². The number of nitrogens with zero attached hydrogens (tertiary/aromatic N) is 1. The van der Waals surface area contributed by atoms with Gasteiger partial charge in [-0.05, 0) is 125 Å². The highest BCUT2D eigenvalue weighted by atomic mass is 16.6. The van der Waals surface area contributed by atoms with Gasteiger partial charge in [0, 0.05) is 33.0 Å². The van der Waals surface area contributed by atoms with Crippen molar-refractivity contribution in [2.75, 3.05) is 13.1 Å². The standard InChI is InChI=1S/C37H66N2O2.H2/c1-25(2)12-10-13-28(7)32-16-17-33-31-15-14-29-24-30(18-20-36(29,8)34(31)19-21-37(32,33)9)41-35(40)38-22-11-23-39(26(3)4)27(5)6;/h14,25-28,30-34H,10-13,15-24H2,1-9H3,(H,38,40);1H/t28-,30+,31+,32-,33+,34+,36+,37-;/m1./s1. The highest BCUT2D eigenvalue weighted by Crippen LogP contribution is 2.67. The summed E-state index contributed by atoms with van der Waals surface area (Å²) in [4.78, 5) is 15.1. The molecule has 238 valence electrons. The zero-order valence-electron chi connectivity index (χ0n) is 28.4. The average Bonchev–Trinajstić information content (AvgIpc) is 3.25. The van der Waals surface area contributed by atoms with Gasteiger partial charge in [0.15, 0.2) is 0 Å². The van der Waals surface area contributed by atoms with E-state index < -0.39 is 0 Å². The monoisotopic (exact) mass is 573 g/mol. The molecule has 0 bridgehead atoms. The van der Waals surface area contributed by atoms with Crippen LogP contribution in [0, 0.1) is 46.3 Å². The molecule has 4 heteroatoms. The van der Waals surface area contributed by atoms with E-state index in [1.165, 1.54) is 57.8 Å². The number of carbonyl (C=O) groups is 1. The minimum absolute atomic E-state index is 0. The van der Waals surface area contributed by atoms with E-state index in [4.69, 9.17) is 4.74 Å². The lowest BCUT2D eigenvalue weighted by Crippen LogP contribution is -2.51. The maximum atomic E-state index is 12.7. The molecule has 4 aliphatic carbocycles. The number of alkyl carbamates (subject to hydrolysis) is 1. The van der Waals surface area contributed by atoms with Crippen molar-refractivity contribution >= 4 is 6.09 Å². The number of nitrogens with one attached hydrogen (secondary N) is 1.